The SMILES string of the molecule is CCOc1ccc2nc(N3C(=O)C(O)=C(C(=O)c4cccs4)[C@@H]3c3ccc(Cl)cc3)sc2c1. The van der Waals surface area contributed by atoms with Crippen LogP contribution in [0.25, 0.3) is 10.2 Å². The van der Waals surface area contributed by atoms with Crippen LogP contribution in [0, 0.1) is 0 Å². The number of Topliss-reactive ketones (excluding diaryl/α,β-unsaturated/α-hetero) is 1. The van der Waals surface area contributed by atoms with Crippen LogP contribution in [0.3, 0.4) is 0 Å². The van der Waals surface area contributed by atoms with E-state index in [4.69, 9.17) is 16.3 Å². The Balaban J connectivity index is 1.64. The summed E-state index contributed by atoms with van der Waals surface area (Å²) in [5.41, 5.74) is 1.36. The highest BCUT2D eigenvalue weighted by molar-refractivity contribution is 7.22. The van der Waals surface area contributed by atoms with E-state index in [0.717, 1.165) is 4.70 Å². The number of hydrogen-bond donors (Lipinski definition) is 1. The van der Waals surface area contributed by atoms with Crippen LogP contribution in [0.4, 0.5) is 5.13 Å². The van der Waals surface area contributed by atoms with Crippen molar-refractivity contribution in [2.24, 2.45) is 0 Å². The summed E-state index contributed by atoms with van der Waals surface area (Å²) in [5.74, 6) is -0.920. The summed E-state index contributed by atoms with van der Waals surface area (Å²) >= 11 is 8.62. The predicted octanol–water partition coefficient (Wildman–Crippen LogP) is 6.19. The molecule has 0 spiro atoms. The van der Waals surface area contributed by atoms with Gasteiger partial charge in [0.2, 0.25) is 5.78 Å². The van der Waals surface area contributed by atoms with Gasteiger partial charge in [0.1, 0.15) is 5.75 Å². The first-order valence-electron chi connectivity index (χ1n) is 10.1. The molecular formula is C24H17ClN2O4S2. The minimum atomic E-state index is -0.837. The number of carbonyl (C=O) groups is 2. The Morgan fingerprint density at radius 1 is 1.21 bits per heavy atom. The zero-order chi connectivity index (χ0) is 23.1. The summed E-state index contributed by atoms with van der Waals surface area (Å²) in [5, 5.41) is 13.5. The predicted molar refractivity (Wildman–Crippen MR) is 131 cm³/mol. The van der Waals surface area contributed by atoms with E-state index in [-0.39, 0.29) is 5.57 Å². The maximum atomic E-state index is 13.3. The first-order valence-corrected chi connectivity index (χ1v) is 12.2. The van der Waals surface area contributed by atoms with Gasteiger partial charge < -0.3 is 9.84 Å². The number of benzene rings is 2. The lowest BCUT2D eigenvalue weighted by molar-refractivity contribution is -0.117. The fourth-order valence-electron chi connectivity index (χ4n) is 3.79. The van der Waals surface area contributed by atoms with Gasteiger partial charge in [-0.15, -0.1) is 11.3 Å². The fraction of sp³-hybridized carbons (Fsp3) is 0.125. The molecular weight excluding hydrogens is 480 g/mol. The lowest BCUT2D eigenvalue weighted by Crippen LogP contribution is -2.30. The zero-order valence-corrected chi connectivity index (χ0v) is 19.7. The van der Waals surface area contributed by atoms with E-state index >= 15 is 0 Å². The molecule has 0 fully saturated rings. The van der Waals surface area contributed by atoms with Gasteiger partial charge in [-0.2, -0.15) is 0 Å². The van der Waals surface area contributed by atoms with Gasteiger partial charge in [-0.1, -0.05) is 41.1 Å². The normalized spacial score (nSPS) is 16.1. The van der Waals surface area contributed by atoms with Gasteiger partial charge in [0.15, 0.2) is 10.9 Å². The van der Waals surface area contributed by atoms with Gasteiger partial charge in [0, 0.05) is 5.02 Å². The highest BCUT2D eigenvalue weighted by Crippen LogP contribution is 2.45. The van der Waals surface area contributed by atoms with E-state index in [1.54, 1.807) is 41.8 Å². The standard InChI is InChI=1S/C24H17ClN2O4S2/c1-2-31-15-9-10-16-18(12-15)33-24(26-16)27-20(13-5-7-14(25)8-6-13)19(22(29)23(27)30)21(28)17-4-3-11-32-17/h3-12,20,29H,2H2,1H3/t20-/m0/s1. The summed E-state index contributed by atoms with van der Waals surface area (Å²) < 4.78 is 6.40. The average molecular weight is 497 g/mol. The van der Waals surface area contributed by atoms with Gasteiger partial charge >= 0.3 is 0 Å². The third kappa shape index (κ3) is 3.80. The molecule has 2 aromatic carbocycles. The number of carbonyl (C=O) groups excluding carboxylic acids is 2. The first-order chi connectivity index (χ1) is 16.0. The van der Waals surface area contributed by atoms with Crippen LogP contribution in [-0.4, -0.2) is 28.4 Å². The summed E-state index contributed by atoms with van der Waals surface area (Å²) in [6.07, 6.45) is 0. The van der Waals surface area contributed by atoms with Gasteiger partial charge in [0.25, 0.3) is 5.91 Å². The first kappa shape index (κ1) is 21.6. The lowest BCUT2D eigenvalue weighted by atomic mass is 9.95. The molecule has 0 saturated carbocycles. The molecule has 0 saturated heterocycles. The summed E-state index contributed by atoms with van der Waals surface area (Å²) in [4.78, 5) is 33.1. The van der Waals surface area contributed by atoms with Crippen molar-refractivity contribution in [2.75, 3.05) is 11.5 Å². The number of nitrogens with zero attached hydrogens (tertiary/aromatic N) is 2. The molecule has 0 unspecified atom stereocenters. The number of anilines is 1. The number of ether oxygens (including phenoxy) is 1. The van der Waals surface area contributed by atoms with Crippen molar-refractivity contribution in [1.29, 1.82) is 0 Å². The van der Waals surface area contributed by atoms with Gasteiger partial charge in [0.05, 0.1) is 33.3 Å². The Bertz CT molecular complexity index is 1390. The third-order valence-corrected chi connectivity index (χ3v) is 7.39. The molecule has 0 radical (unpaired) electrons. The smallest absolute Gasteiger partial charge is 0.296 e. The topological polar surface area (TPSA) is 79.7 Å². The zero-order valence-electron chi connectivity index (χ0n) is 17.3. The Hall–Kier alpha value is -3.20. The van der Waals surface area contributed by atoms with Gasteiger partial charge in [-0.05, 0) is 54.3 Å². The van der Waals surface area contributed by atoms with Gasteiger partial charge in [-0.25, -0.2) is 4.98 Å². The monoisotopic (exact) mass is 496 g/mol. The molecule has 2 aromatic heterocycles. The molecule has 1 aliphatic rings. The van der Waals surface area contributed by atoms with E-state index in [1.807, 2.05) is 25.1 Å². The Labute approximate surface area is 202 Å². The second kappa shape index (κ2) is 8.62. The van der Waals surface area contributed by atoms with Crippen LogP contribution in [0.2, 0.25) is 5.02 Å². The van der Waals surface area contributed by atoms with Crippen molar-refractivity contribution in [3.8, 4) is 5.75 Å². The van der Waals surface area contributed by atoms with Crippen LogP contribution >= 0.6 is 34.3 Å². The molecule has 1 atom stereocenters. The molecule has 166 valence electrons. The van der Waals surface area contributed by atoms with E-state index < -0.39 is 23.5 Å². The van der Waals surface area contributed by atoms with Crippen LogP contribution < -0.4 is 9.64 Å². The average Bonchev–Trinajstić information content (AvgIpc) is 3.53. The van der Waals surface area contributed by atoms with Crippen molar-refractivity contribution < 1.29 is 19.4 Å². The van der Waals surface area contributed by atoms with Crippen molar-refractivity contribution in [2.45, 2.75) is 13.0 Å². The summed E-state index contributed by atoms with van der Waals surface area (Å²) in [7, 11) is 0. The molecule has 3 heterocycles. The molecule has 1 N–H and O–H groups in total. The molecule has 4 aromatic rings. The number of fused-ring (bicyclic) bond motifs is 1. The number of hydrogen-bond acceptors (Lipinski definition) is 7. The molecule has 6 nitrogen and oxygen atoms in total. The minimum Gasteiger partial charge on any atom is -0.503 e. The number of thiazole rings is 1. The van der Waals surface area contributed by atoms with Crippen molar-refractivity contribution >= 4 is 61.3 Å². The number of rotatable bonds is 6. The number of halogens is 1. The Kier molecular flexibility index (Phi) is 5.65. The third-order valence-electron chi connectivity index (χ3n) is 5.25. The van der Waals surface area contributed by atoms with E-state index in [0.29, 0.717) is 38.5 Å². The molecule has 9 heteroatoms. The van der Waals surface area contributed by atoms with Crippen LogP contribution in [0.15, 0.2) is 71.3 Å². The maximum absolute atomic E-state index is 13.3. The molecule has 5 rings (SSSR count). The highest BCUT2D eigenvalue weighted by Gasteiger charge is 2.46. The fourth-order valence-corrected chi connectivity index (χ4v) is 5.61. The Morgan fingerprint density at radius 3 is 2.70 bits per heavy atom. The van der Waals surface area contributed by atoms with Crippen LogP contribution in [0.1, 0.15) is 28.2 Å². The Morgan fingerprint density at radius 2 is 2.00 bits per heavy atom. The van der Waals surface area contributed by atoms with Crippen molar-refractivity contribution in [1.82, 2.24) is 4.98 Å². The highest BCUT2D eigenvalue weighted by atomic mass is 35.5. The van der Waals surface area contributed by atoms with Crippen LogP contribution in [-0.2, 0) is 4.79 Å². The molecule has 0 bridgehead atoms. The van der Waals surface area contributed by atoms with E-state index in [9.17, 15) is 14.7 Å². The number of aliphatic hydroxyl groups is 1. The van der Waals surface area contributed by atoms with E-state index in [2.05, 4.69) is 4.98 Å². The van der Waals surface area contributed by atoms with Gasteiger partial charge in [-0.3, -0.25) is 14.5 Å². The van der Waals surface area contributed by atoms with E-state index in [1.165, 1.54) is 27.6 Å². The minimum absolute atomic E-state index is 0.0269. The quantitative estimate of drug-likeness (QED) is 0.322. The number of aliphatic hydroxyl groups excluding tert-OH is 1. The number of amides is 1. The molecule has 1 aliphatic heterocycles. The summed E-state index contributed by atoms with van der Waals surface area (Å²) in [6, 6.07) is 15.0. The number of thiophene rings is 1. The largest absolute Gasteiger partial charge is 0.503 e. The van der Waals surface area contributed by atoms with Crippen LogP contribution in [0.5, 0.6) is 5.75 Å². The number of ketones is 1. The van der Waals surface area contributed by atoms with Crippen molar-refractivity contribution in [3.05, 3.63) is 86.8 Å². The maximum Gasteiger partial charge on any atom is 0.296 e. The van der Waals surface area contributed by atoms with Crippen molar-refractivity contribution in [3.63, 3.8) is 0 Å². The summed E-state index contributed by atoms with van der Waals surface area (Å²) in [6.45, 7) is 2.44. The number of aromatic nitrogens is 1. The second-order valence-electron chi connectivity index (χ2n) is 7.26. The lowest BCUT2D eigenvalue weighted by Gasteiger charge is -2.24. The molecule has 0 aliphatic carbocycles. The second-order valence-corrected chi connectivity index (χ2v) is 9.65. The molecule has 1 amide bonds. The molecule has 33 heavy (non-hydrogen) atoms.